The number of hydrogen-bond donors (Lipinski definition) is 2. The number of rotatable bonds is 2. The van der Waals surface area contributed by atoms with Crippen molar-refractivity contribution in [3.63, 3.8) is 0 Å². The molecule has 0 saturated carbocycles. The van der Waals surface area contributed by atoms with Crippen molar-refractivity contribution < 1.29 is 9.84 Å². The Kier molecular flexibility index (Phi) is 2.76. The van der Waals surface area contributed by atoms with Crippen LogP contribution in [0.2, 0.25) is 0 Å². The van der Waals surface area contributed by atoms with E-state index >= 15 is 0 Å². The Hall–Kier alpha value is -1.66. The molecule has 6 heteroatoms. The van der Waals surface area contributed by atoms with E-state index in [4.69, 9.17) is 9.84 Å². The molecule has 2 atom stereocenters. The van der Waals surface area contributed by atoms with E-state index in [0.717, 1.165) is 0 Å². The standard InChI is InChI=1S/C10H12N2O4/c1-6-7(5-16-8(6)4-13)12-3-2-9(14)11-10(12)15/h2-3,7-8,13H,1,4-5H2,(H,11,14,15). The highest BCUT2D eigenvalue weighted by atomic mass is 16.5. The molecular formula is C10H12N2O4. The maximum absolute atomic E-state index is 11.5. The number of aromatic amines is 1. The van der Waals surface area contributed by atoms with Crippen molar-refractivity contribution >= 4 is 0 Å². The highest BCUT2D eigenvalue weighted by Crippen LogP contribution is 2.27. The largest absolute Gasteiger partial charge is 0.393 e. The first kappa shape index (κ1) is 10.8. The molecule has 16 heavy (non-hydrogen) atoms. The Bertz CT molecular complexity index is 516. The molecule has 1 aliphatic heterocycles. The molecule has 1 aromatic heterocycles. The molecule has 1 aromatic rings. The minimum atomic E-state index is -0.499. The second-order valence-electron chi connectivity index (χ2n) is 3.61. The maximum Gasteiger partial charge on any atom is 0.328 e. The average Bonchev–Trinajstić information content (AvgIpc) is 2.60. The average molecular weight is 224 g/mol. The van der Waals surface area contributed by atoms with Crippen LogP contribution in [0.5, 0.6) is 0 Å². The van der Waals surface area contributed by atoms with Crippen molar-refractivity contribution in [3.05, 3.63) is 45.3 Å². The molecule has 86 valence electrons. The lowest BCUT2D eigenvalue weighted by Gasteiger charge is -2.13. The normalized spacial score (nSPS) is 24.9. The summed E-state index contributed by atoms with van der Waals surface area (Å²) in [5, 5.41) is 8.98. The molecule has 2 heterocycles. The zero-order chi connectivity index (χ0) is 11.7. The van der Waals surface area contributed by atoms with Crippen molar-refractivity contribution in [3.8, 4) is 0 Å². The topological polar surface area (TPSA) is 84.3 Å². The lowest BCUT2D eigenvalue weighted by atomic mass is 10.1. The van der Waals surface area contributed by atoms with E-state index in [2.05, 4.69) is 11.6 Å². The third-order valence-corrected chi connectivity index (χ3v) is 2.65. The summed E-state index contributed by atoms with van der Waals surface area (Å²) in [4.78, 5) is 24.6. The summed E-state index contributed by atoms with van der Waals surface area (Å²) in [6.45, 7) is 3.91. The molecule has 2 unspecified atom stereocenters. The predicted octanol–water partition coefficient (Wildman–Crippen LogP) is -0.975. The van der Waals surface area contributed by atoms with Gasteiger partial charge in [-0.25, -0.2) is 4.79 Å². The zero-order valence-corrected chi connectivity index (χ0v) is 8.55. The van der Waals surface area contributed by atoms with Gasteiger partial charge < -0.3 is 9.84 Å². The molecule has 0 spiro atoms. The highest BCUT2D eigenvalue weighted by Gasteiger charge is 2.30. The summed E-state index contributed by atoms with van der Waals surface area (Å²) in [6.07, 6.45) is 0.962. The lowest BCUT2D eigenvalue weighted by molar-refractivity contribution is 0.0686. The van der Waals surface area contributed by atoms with E-state index in [1.54, 1.807) is 0 Å². The first-order valence-electron chi connectivity index (χ1n) is 4.86. The van der Waals surface area contributed by atoms with Crippen LogP contribution in [-0.2, 0) is 4.74 Å². The van der Waals surface area contributed by atoms with Crippen LogP contribution >= 0.6 is 0 Å². The first-order chi connectivity index (χ1) is 7.63. The molecule has 1 saturated heterocycles. The van der Waals surface area contributed by atoms with Crippen LogP contribution in [-0.4, -0.2) is 34.0 Å². The van der Waals surface area contributed by atoms with Gasteiger partial charge in [-0.3, -0.25) is 14.3 Å². The molecule has 1 aliphatic rings. The van der Waals surface area contributed by atoms with Crippen molar-refractivity contribution in [2.45, 2.75) is 12.1 Å². The van der Waals surface area contributed by atoms with Crippen LogP contribution in [0.3, 0.4) is 0 Å². The van der Waals surface area contributed by atoms with Crippen LogP contribution in [0.4, 0.5) is 0 Å². The molecule has 1 fully saturated rings. The number of nitrogens with zero attached hydrogens (tertiary/aromatic N) is 1. The smallest absolute Gasteiger partial charge is 0.328 e. The van der Waals surface area contributed by atoms with Crippen molar-refractivity contribution in [2.24, 2.45) is 0 Å². The van der Waals surface area contributed by atoms with Gasteiger partial charge in [0.2, 0.25) is 0 Å². The third kappa shape index (κ3) is 1.72. The molecule has 0 aliphatic carbocycles. The van der Waals surface area contributed by atoms with E-state index in [1.165, 1.54) is 16.8 Å². The minimum Gasteiger partial charge on any atom is -0.393 e. The summed E-state index contributed by atoms with van der Waals surface area (Å²) in [6, 6.07) is 0.933. The Morgan fingerprint density at radius 2 is 2.38 bits per heavy atom. The van der Waals surface area contributed by atoms with Gasteiger partial charge in [-0.2, -0.15) is 0 Å². The number of aromatic nitrogens is 2. The zero-order valence-electron chi connectivity index (χ0n) is 8.55. The fraction of sp³-hybridized carbons (Fsp3) is 0.400. The van der Waals surface area contributed by atoms with Crippen LogP contribution in [0, 0.1) is 0 Å². The van der Waals surface area contributed by atoms with Gasteiger partial charge in [0.05, 0.1) is 19.3 Å². The number of aliphatic hydroxyl groups excluding tert-OH is 1. The maximum atomic E-state index is 11.5. The van der Waals surface area contributed by atoms with E-state index in [9.17, 15) is 9.59 Å². The van der Waals surface area contributed by atoms with Crippen molar-refractivity contribution in [2.75, 3.05) is 13.2 Å². The van der Waals surface area contributed by atoms with Crippen molar-refractivity contribution in [1.82, 2.24) is 9.55 Å². The Morgan fingerprint density at radius 3 is 2.94 bits per heavy atom. The monoisotopic (exact) mass is 224 g/mol. The molecule has 0 radical (unpaired) electrons. The van der Waals surface area contributed by atoms with Crippen LogP contribution in [0.15, 0.2) is 34.0 Å². The number of H-pyrrole nitrogens is 1. The van der Waals surface area contributed by atoms with Gasteiger partial charge in [-0.1, -0.05) is 6.58 Å². The lowest BCUT2D eigenvalue weighted by Crippen LogP contribution is -2.32. The van der Waals surface area contributed by atoms with Gasteiger partial charge in [0, 0.05) is 12.3 Å². The Labute approximate surface area is 90.8 Å². The van der Waals surface area contributed by atoms with Crippen LogP contribution < -0.4 is 11.2 Å². The predicted molar refractivity (Wildman–Crippen MR) is 56.3 cm³/mol. The summed E-state index contributed by atoms with van der Waals surface area (Å²) < 4.78 is 6.61. The summed E-state index contributed by atoms with van der Waals surface area (Å²) in [5.74, 6) is 0. The number of hydrogen-bond acceptors (Lipinski definition) is 4. The third-order valence-electron chi connectivity index (χ3n) is 2.65. The Balaban J connectivity index is 2.36. The summed E-state index contributed by atoms with van der Waals surface area (Å²) in [7, 11) is 0. The minimum absolute atomic E-state index is 0.159. The molecule has 6 nitrogen and oxygen atoms in total. The summed E-state index contributed by atoms with van der Waals surface area (Å²) in [5.41, 5.74) is -0.304. The first-order valence-corrected chi connectivity index (χ1v) is 4.86. The Morgan fingerprint density at radius 1 is 1.62 bits per heavy atom. The molecule has 0 amide bonds. The highest BCUT2D eigenvalue weighted by molar-refractivity contribution is 5.15. The number of ether oxygens (including phenoxy) is 1. The number of aliphatic hydroxyl groups is 1. The SMILES string of the molecule is C=C1C(CO)OCC1n1ccc(=O)[nH]c1=O. The van der Waals surface area contributed by atoms with E-state index < -0.39 is 17.4 Å². The fourth-order valence-corrected chi connectivity index (χ4v) is 1.74. The second-order valence-corrected chi connectivity index (χ2v) is 3.61. The summed E-state index contributed by atoms with van der Waals surface area (Å²) >= 11 is 0. The molecule has 2 rings (SSSR count). The van der Waals surface area contributed by atoms with Gasteiger partial charge >= 0.3 is 5.69 Å². The van der Waals surface area contributed by atoms with E-state index in [0.29, 0.717) is 5.57 Å². The van der Waals surface area contributed by atoms with Gasteiger partial charge in [0.15, 0.2) is 0 Å². The van der Waals surface area contributed by atoms with Crippen LogP contribution in [0.25, 0.3) is 0 Å². The van der Waals surface area contributed by atoms with Gasteiger partial charge in [-0.05, 0) is 5.57 Å². The molecule has 0 aromatic carbocycles. The van der Waals surface area contributed by atoms with E-state index in [1.807, 2.05) is 0 Å². The molecule has 0 bridgehead atoms. The van der Waals surface area contributed by atoms with Gasteiger partial charge in [-0.15, -0.1) is 0 Å². The van der Waals surface area contributed by atoms with E-state index in [-0.39, 0.29) is 19.3 Å². The van der Waals surface area contributed by atoms with Gasteiger partial charge in [0.25, 0.3) is 5.56 Å². The fourth-order valence-electron chi connectivity index (χ4n) is 1.74. The quantitative estimate of drug-likeness (QED) is 0.633. The molecule has 2 N–H and O–H groups in total. The van der Waals surface area contributed by atoms with Crippen LogP contribution in [0.1, 0.15) is 6.04 Å². The number of nitrogens with one attached hydrogen (secondary N) is 1. The van der Waals surface area contributed by atoms with Crippen molar-refractivity contribution in [1.29, 1.82) is 0 Å². The van der Waals surface area contributed by atoms with Gasteiger partial charge in [0.1, 0.15) is 6.10 Å². The molecular weight excluding hydrogens is 212 g/mol. The second kappa shape index (κ2) is 4.07.